The third-order valence-electron chi connectivity index (χ3n) is 10.6. The zero-order chi connectivity index (χ0) is 30.3. The topological polar surface area (TPSA) is 9.23 Å². The zero-order valence-electron chi connectivity index (χ0n) is 27.3. The van der Waals surface area contributed by atoms with Gasteiger partial charge in [0.25, 0.3) is 0 Å². The van der Waals surface area contributed by atoms with E-state index in [1.807, 2.05) is 0 Å². The number of ether oxygens (including phenoxy) is 1. The average molecular weight is 593 g/mol. The monoisotopic (exact) mass is 592 g/mol. The van der Waals surface area contributed by atoms with Gasteiger partial charge in [0.2, 0.25) is 0 Å². The van der Waals surface area contributed by atoms with Crippen LogP contribution in [0.2, 0.25) is 0 Å². The molecule has 0 spiro atoms. The van der Waals surface area contributed by atoms with Crippen LogP contribution in [0.1, 0.15) is 92.5 Å². The molecular formula is C41H53OP. The minimum atomic E-state index is -2.09. The second-order valence-electron chi connectivity index (χ2n) is 13.3. The Kier molecular flexibility index (Phi) is 10.5. The molecule has 1 nitrogen and oxygen atoms in total. The normalized spacial score (nSPS) is 16.9. The molecule has 0 radical (unpaired) electrons. The van der Waals surface area contributed by atoms with Gasteiger partial charge in [-0.25, -0.2) is 0 Å². The van der Waals surface area contributed by atoms with Crippen LogP contribution in [0.15, 0.2) is 91.0 Å². The summed E-state index contributed by atoms with van der Waals surface area (Å²) < 4.78 is 6.77. The molecule has 2 heteroatoms. The molecule has 1 atom stereocenters. The van der Waals surface area contributed by atoms with Gasteiger partial charge in [0.15, 0.2) is 0 Å². The summed E-state index contributed by atoms with van der Waals surface area (Å²) in [5.74, 6) is 1.19. The van der Waals surface area contributed by atoms with Crippen LogP contribution in [-0.2, 0) is 6.42 Å². The van der Waals surface area contributed by atoms with Crippen LogP contribution in [-0.4, -0.2) is 11.8 Å². The van der Waals surface area contributed by atoms with Crippen molar-refractivity contribution < 1.29 is 4.74 Å². The van der Waals surface area contributed by atoms with Crippen molar-refractivity contribution in [1.82, 2.24) is 0 Å². The van der Waals surface area contributed by atoms with E-state index in [4.69, 9.17) is 4.74 Å². The van der Waals surface area contributed by atoms with Crippen LogP contribution < -0.4 is 20.7 Å². The summed E-state index contributed by atoms with van der Waals surface area (Å²) in [7, 11) is -2.09. The molecule has 5 rings (SSSR count). The Morgan fingerprint density at radius 3 is 1.51 bits per heavy atom. The molecule has 0 saturated carbocycles. The van der Waals surface area contributed by atoms with Gasteiger partial charge in [-0.05, 0) is 55.5 Å². The first-order valence-corrected chi connectivity index (χ1v) is 19.0. The van der Waals surface area contributed by atoms with E-state index in [1.54, 1.807) is 0 Å². The van der Waals surface area contributed by atoms with Crippen molar-refractivity contribution in [2.45, 2.75) is 104 Å². The number of hydrogen-bond acceptors (Lipinski definition) is 1. The fraction of sp³-hybridized carbons (Fsp3) is 0.415. The maximum atomic E-state index is 6.77. The van der Waals surface area contributed by atoms with Gasteiger partial charge in [-0.15, -0.1) is 0 Å². The van der Waals surface area contributed by atoms with Gasteiger partial charge >= 0.3 is 208 Å². The molecule has 0 N–H and O–H groups in total. The Hall–Kier alpha value is -2.89. The molecule has 4 aromatic carbocycles. The molecule has 4 aromatic rings. The Labute approximate surface area is 262 Å². The second-order valence-corrected chi connectivity index (χ2v) is 17.4. The first-order chi connectivity index (χ1) is 20.9. The minimum absolute atomic E-state index is 0.0217. The fourth-order valence-corrected chi connectivity index (χ4v) is 12.5. The van der Waals surface area contributed by atoms with E-state index in [2.05, 4.69) is 126 Å². The first-order valence-electron chi connectivity index (χ1n) is 16.8. The van der Waals surface area contributed by atoms with Crippen molar-refractivity contribution in [3.8, 4) is 5.75 Å². The van der Waals surface area contributed by atoms with Gasteiger partial charge in [-0.3, -0.25) is 0 Å². The van der Waals surface area contributed by atoms with Crippen LogP contribution in [0.5, 0.6) is 5.75 Å². The number of unbranched alkanes of at least 4 members (excludes halogenated alkanes) is 6. The van der Waals surface area contributed by atoms with Gasteiger partial charge in [-0.1, -0.05) is 0 Å². The van der Waals surface area contributed by atoms with E-state index in [1.165, 1.54) is 101 Å². The number of benzene rings is 4. The first kappa shape index (κ1) is 31.5. The quantitative estimate of drug-likeness (QED) is 0.111. The van der Waals surface area contributed by atoms with Crippen molar-refractivity contribution in [3.63, 3.8) is 0 Å². The summed E-state index contributed by atoms with van der Waals surface area (Å²) in [4.78, 5) is 0. The summed E-state index contributed by atoms with van der Waals surface area (Å²) >= 11 is 0. The molecule has 0 bridgehead atoms. The van der Waals surface area contributed by atoms with E-state index in [-0.39, 0.29) is 5.60 Å². The summed E-state index contributed by atoms with van der Waals surface area (Å²) in [6.07, 6.45) is 13.9. The molecule has 0 fully saturated rings. The van der Waals surface area contributed by atoms with Crippen molar-refractivity contribution in [3.05, 3.63) is 119 Å². The Morgan fingerprint density at radius 2 is 1.00 bits per heavy atom. The summed E-state index contributed by atoms with van der Waals surface area (Å²) in [6.45, 7) is 11.4. The van der Waals surface area contributed by atoms with Crippen LogP contribution in [0.4, 0.5) is 0 Å². The molecule has 0 aliphatic carbocycles. The molecule has 43 heavy (non-hydrogen) atoms. The van der Waals surface area contributed by atoms with Gasteiger partial charge in [-0.2, -0.15) is 0 Å². The van der Waals surface area contributed by atoms with Gasteiger partial charge in [0, 0.05) is 0 Å². The van der Waals surface area contributed by atoms with Crippen molar-refractivity contribution in [1.29, 1.82) is 0 Å². The third-order valence-corrected chi connectivity index (χ3v) is 15.6. The van der Waals surface area contributed by atoms with Gasteiger partial charge < -0.3 is 0 Å². The van der Waals surface area contributed by atoms with E-state index >= 15 is 0 Å². The fourth-order valence-electron chi connectivity index (χ4n) is 7.53. The molecule has 0 aromatic heterocycles. The van der Waals surface area contributed by atoms with Crippen LogP contribution in [0, 0.1) is 27.7 Å². The van der Waals surface area contributed by atoms with Crippen LogP contribution >= 0.6 is 7.26 Å². The molecule has 0 amide bonds. The Morgan fingerprint density at radius 1 is 0.558 bits per heavy atom. The second kappa shape index (κ2) is 14.3. The molecule has 1 heterocycles. The van der Waals surface area contributed by atoms with E-state index < -0.39 is 7.26 Å². The number of hydrogen-bond donors (Lipinski definition) is 0. The molecule has 1 aliphatic heterocycles. The average Bonchev–Trinajstić information content (AvgIpc) is 3.05. The van der Waals surface area contributed by atoms with Crippen LogP contribution in [0.3, 0.4) is 0 Å². The SMILES string of the molecule is Cc1c(C)c(C)c2c(c1C)CCC(C)(CCCCCCCCC[PH](c1ccccc1)(c1ccccc1)c1ccccc1)O2. The zero-order valence-corrected chi connectivity index (χ0v) is 28.3. The summed E-state index contributed by atoms with van der Waals surface area (Å²) in [6, 6.07) is 34.1. The Bertz CT molecular complexity index is 1360. The van der Waals surface area contributed by atoms with E-state index in [0.29, 0.717) is 0 Å². The molecular weight excluding hydrogens is 539 g/mol. The molecule has 228 valence electrons. The van der Waals surface area contributed by atoms with Gasteiger partial charge in [0.1, 0.15) is 0 Å². The molecule has 0 saturated heterocycles. The summed E-state index contributed by atoms with van der Waals surface area (Å²) in [5, 5.41) is 4.59. The van der Waals surface area contributed by atoms with Crippen LogP contribution in [0.25, 0.3) is 0 Å². The molecule has 1 unspecified atom stereocenters. The number of rotatable bonds is 13. The predicted molar refractivity (Wildman–Crippen MR) is 191 cm³/mol. The maximum absolute atomic E-state index is 6.77. The summed E-state index contributed by atoms with van der Waals surface area (Å²) in [5.41, 5.74) is 7.07. The molecule has 1 aliphatic rings. The standard InChI is InChI=1S/C41H53OP/c1-32-33(2)35(4)40-39(34(32)3)28-30-41(5,42-40)29-20-9-7-6-8-10-21-31-43(36-22-14-11-15-23-36,37-24-16-12-17-25-37)38-26-18-13-19-27-38/h11-19,22-27,43H,6-10,20-21,28-31H2,1-5H3. The predicted octanol–water partition coefficient (Wildman–Crippen LogP) is 9.85. The third kappa shape index (κ3) is 6.94. The van der Waals surface area contributed by atoms with Crippen molar-refractivity contribution >= 4 is 23.2 Å². The van der Waals surface area contributed by atoms with E-state index in [9.17, 15) is 0 Å². The Balaban J connectivity index is 1.12. The van der Waals surface area contributed by atoms with E-state index in [0.717, 1.165) is 19.3 Å². The number of fused-ring (bicyclic) bond motifs is 1. The van der Waals surface area contributed by atoms with Crippen molar-refractivity contribution in [2.24, 2.45) is 0 Å². The van der Waals surface area contributed by atoms with Crippen molar-refractivity contribution in [2.75, 3.05) is 6.16 Å². The van der Waals surface area contributed by atoms with Gasteiger partial charge in [0.05, 0.1) is 0 Å².